The lowest BCUT2D eigenvalue weighted by atomic mass is 10.2. The molecule has 2 rings (SSSR count). The molecule has 0 aromatic carbocycles. The predicted molar refractivity (Wildman–Crippen MR) is 83.2 cm³/mol. The van der Waals surface area contributed by atoms with Crippen LogP contribution >= 0.6 is 0 Å². The summed E-state index contributed by atoms with van der Waals surface area (Å²) in [6, 6.07) is 5.16. The van der Waals surface area contributed by atoms with Crippen molar-refractivity contribution in [3.05, 3.63) is 23.4 Å². The van der Waals surface area contributed by atoms with Gasteiger partial charge < -0.3 is 15.0 Å². The Hall–Kier alpha value is -1.13. The number of pyridine rings is 1. The molecule has 1 fully saturated rings. The van der Waals surface area contributed by atoms with E-state index in [0.717, 1.165) is 44.6 Å². The molecule has 0 radical (unpaired) electrons. The van der Waals surface area contributed by atoms with Crippen molar-refractivity contribution in [3.63, 3.8) is 0 Å². The monoisotopic (exact) mass is 277 g/mol. The predicted octanol–water partition coefficient (Wildman–Crippen LogP) is 2.37. The number of ether oxygens (including phenoxy) is 1. The number of likely N-dealkylation sites (N-methyl/N-ethyl adjacent to an activating group) is 1. The Labute approximate surface area is 122 Å². The second-order valence-electron chi connectivity index (χ2n) is 5.45. The van der Waals surface area contributed by atoms with Crippen LogP contribution in [0.5, 0.6) is 0 Å². The van der Waals surface area contributed by atoms with E-state index < -0.39 is 0 Å². The van der Waals surface area contributed by atoms with E-state index in [4.69, 9.17) is 9.72 Å². The molecule has 20 heavy (non-hydrogen) atoms. The lowest BCUT2D eigenvalue weighted by molar-refractivity contribution is 0.154. The van der Waals surface area contributed by atoms with Gasteiger partial charge in [-0.05, 0) is 43.9 Å². The molecule has 1 aliphatic carbocycles. The molecule has 1 saturated carbocycles. The molecule has 1 aliphatic rings. The molecule has 1 aromatic rings. The zero-order chi connectivity index (χ0) is 14.4. The SMILES string of the molecule is CCOCCN(C)c1cc(CNC2CC2)cc(CC)n1. The van der Waals surface area contributed by atoms with E-state index in [1.807, 2.05) is 6.92 Å². The van der Waals surface area contributed by atoms with Gasteiger partial charge in [-0.15, -0.1) is 0 Å². The van der Waals surface area contributed by atoms with Gasteiger partial charge in [0.2, 0.25) is 0 Å². The molecule has 4 nitrogen and oxygen atoms in total. The van der Waals surface area contributed by atoms with Crippen LogP contribution in [0.1, 0.15) is 37.9 Å². The van der Waals surface area contributed by atoms with Crippen molar-refractivity contribution in [2.24, 2.45) is 0 Å². The highest BCUT2D eigenvalue weighted by Crippen LogP contribution is 2.20. The summed E-state index contributed by atoms with van der Waals surface area (Å²) < 4.78 is 5.42. The second-order valence-corrected chi connectivity index (χ2v) is 5.45. The Morgan fingerprint density at radius 3 is 2.80 bits per heavy atom. The van der Waals surface area contributed by atoms with Crippen LogP contribution in [0.25, 0.3) is 0 Å². The summed E-state index contributed by atoms with van der Waals surface area (Å²) in [5.41, 5.74) is 2.50. The first-order valence-electron chi connectivity index (χ1n) is 7.75. The van der Waals surface area contributed by atoms with Crippen LogP contribution in [-0.4, -0.2) is 37.8 Å². The molecule has 0 spiro atoms. The molecule has 0 aliphatic heterocycles. The van der Waals surface area contributed by atoms with Gasteiger partial charge in [0.05, 0.1) is 6.61 Å². The summed E-state index contributed by atoms with van der Waals surface area (Å²) >= 11 is 0. The Morgan fingerprint density at radius 1 is 1.35 bits per heavy atom. The average molecular weight is 277 g/mol. The molecule has 1 heterocycles. The average Bonchev–Trinajstić information content (AvgIpc) is 3.29. The van der Waals surface area contributed by atoms with Crippen LogP contribution in [0.2, 0.25) is 0 Å². The zero-order valence-electron chi connectivity index (χ0n) is 13.0. The number of nitrogens with zero attached hydrogens (tertiary/aromatic N) is 2. The van der Waals surface area contributed by atoms with Gasteiger partial charge in [-0.3, -0.25) is 0 Å². The van der Waals surface area contributed by atoms with Crippen LogP contribution in [0.4, 0.5) is 5.82 Å². The highest BCUT2D eigenvalue weighted by molar-refractivity contribution is 5.42. The number of rotatable bonds is 9. The molecular formula is C16H27N3O. The Bertz CT molecular complexity index is 418. The van der Waals surface area contributed by atoms with Gasteiger partial charge in [-0.25, -0.2) is 4.98 Å². The summed E-state index contributed by atoms with van der Waals surface area (Å²) in [5, 5.41) is 3.57. The van der Waals surface area contributed by atoms with Gasteiger partial charge in [0, 0.05) is 38.5 Å². The first-order chi connectivity index (χ1) is 9.72. The highest BCUT2D eigenvalue weighted by Gasteiger charge is 2.20. The molecule has 0 saturated heterocycles. The quantitative estimate of drug-likeness (QED) is 0.703. The summed E-state index contributed by atoms with van der Waals surface area (Å²) in [7, 11) is 2.08. The Kier molecular flexibility index (Phi) is 5.80. The van der Waals surface area contributed by atoms with Crippen molar-refractivity contribution in [2.75, 3.05) is 31.7 Å². The van der Waals surface area contributed by atoms with Gasteiger partial charge in [0.1, 0.15) is 5.82 Å². The smallest absolute Gasteiger partial charge is 0.128 e. The van der Waals surface area contributed by atoms with E-state index in [1.165, 1.54) is 24.1 Å². The lowest BCUT2D eigenvalue weighted by Gasteiger charge is -2.20. The second kappa shape index (κ2) is 7.60. The maximum absolute atomic E-state index is 5.42. The van der Waals surface area contributed by atoms with Gasteiger partial charge >= 0.3 is 0 Å². The molecule has 1 aromatic heterocycles. The van der Waals surface area contributed by atoms with Gasteiger partial charge in [-0.2, -0.15) is 0 Å². The molecule has 4 heteroatoms. The molecule has 0 bridgehead atoms. The van der Waals surface area contributed by atoms with Gasteiger partial charge in [0.25, 0.3) is 0 Å². The topological polar surface area (TPSA) is 37.4 Å². The third kappa shape index (κ3) is 4.76. The minimum absolute atomic E-state index is 0.743. The fourth-order valence-corrected chi connectivity index (χ4v) is 2.12. The van der Waals surface area contributed by atoms with Crippen LogP contribution in [0, 0.1) is 0 Å². The molecule has 0 amide bonds. The Morgan fingerprint density at radius 2 is 2.15 bits per heavy atom. The normalized spacial score (nSPS) is 14.6. The van der Waals surface area contributed by atoms with E-state index in [-0.39, 0.29) is 0 Å². The number of nitrogens with one attached hydrogen (secondary N) is 1. The summed E-state index contributed by atoms with van der Waals surface area (Å²) in [5.74, 6) is 1.05. The summed E-state index contributed by atoms with van der Waals surface area (Å²) in [6.07, 6.45) is 3.63. The van der Waals surface area contributed by atoms with Crippen molar-refractivity contribution in [3.8, 4) is 0 Å². The number of anilines is 1. The Balaban J connectivity index is 1.99. The van der Waals surface area contributed by atoms with E-state index in [2.05, 4.69) is 36.3 Å². The van der Waals surface area contributed by atoms with Gasteiger partial charge in [-0.1, -0.05) is 6.92 Å². The molecule has 0 atom stereocenters. The fourth-order valence-electron chi connectivity index (χ4n) is 2.12. The summed E-state index contributed by atoms with van der Waals surface area (Å²) in [6.45, 7) is 7.53. The number of aryl methyl sites for hydroxylation is 1. The van der Waals surface area contributed by atoms with E-state index in [1.54, 1.807) is 0 Å². The fraction of sp³-hybridized carbons (Fsp3) is 0.688. The largest absolute Gasteiger partial charge is 0.380 e. The molecule has 1 N–H and O–H groups in total. The van der Waals surface area contributed by atoms with Crippen molar-refractivity contribution < 1.29 is 4.74 Å². The van der Waals surface area contributed by atoms with Crippen molar-refractivity contribution in [1.82, 2.24) is 10.3 Å². The maximum atomic E-state index is 5.42. The third-order valence-electron chi connectivity index (χ3n) is 3.63. The first-order valence-corrected chi connectivity index (χ1v) is 7.75. The van der Waals surface area contributed by atoms with E-state index in [9.17, 15) is 0 Å². The minimum Gasteiger partial charge on any atom is -0.380 e. The van der Waals surface area contributed by atoms with Crippen molar-refractivity contribution in [1.29, 1.82) is 0 Å². The first kappa shape index (κ1) is 15.3. The van der Waals surface area contributed by atoms with Crippen LogP contribution in [0.15, 0.2) is 12.1 Å². The standard InChI is InChI=1S/C16H27N3O/c1-4-14-10-13(12-17-15-6-7-15)11-16(18-14)19(3)8-9-20-5-2/h10-11,15,17H,4-9,12H2,1-3H3. The van der Waals surface area contributed by atoms with E-state index >= 15 is 0 Å². The number of hydrogen-bond acceptors (Lipinski definition) is 4. The van der Waals surface area contributed by atoms with Crippen molar-refractivity contribution >= 4 is 5.82 Å². The van der Waals surface area contributed by atoms with E-state index in [0.29, 0.717) is 0 Å². The van der Waals surface area contributed by atoms with Crippen LogP contribution in [-0.2, 0) is 17.7 Å². The minimum atomic E-state index is 0.743. The number of hydrogen-bond donors (Lipinski definition) is 1. The molecule has 0 unspecified atom stereocenters. The van der Waals surface area contributed by atoms with Gasteiger partial charge in [0.15, 0.2) is 0 Å². The summed E-state index contributed by atoms with van der Waals surface area (Å²) in [4.78, 5) is 6.89. The maximum Gasteiger partial charge on any atom is 0.128 e. The third-order valence-corrected chi connectivity index (χ3v) is 3.63. The van der Waals surface area contributed by atoms with Crippen LogP contribution < -0.4 is 10.2 Å². The molecular weight excluding hydrogens is 250 g/mol. The van der Waals surface area contributed by atoms with Crippen LogP contribution in [0.3, 0.4) is 0 Å². The highest BCUT2D eigenvalue weighted by atomic mass is 16.5. The number of aromatic nitrogens is 1. The molecule has 112 valence electrons. The van der Waals surface area contributed by atoms with Crippen molar-refractivity contribution in [2.45, 2.75) is 45.7 Å². The zero-order valence-corrected chi connectivity index (χ0v) is 13.0. The lowest BCUT2D eigenvalue weighted by Crippen LogP contribution is -2.24.